The second kappa shape index (κ2) is 5.60. The van der Waals surface area contributed by atoms with Crippen molar-refractivity contribution < 1.29 is 8.42 Å². The van der Waals surface area contributed by atoms with E-state index in [4.69, 9.17) is 0 Å². The zero-order valence-electron chi connectivity index (χ0n) is 11.3. The van der Waals surface area contributed by atoms with E-state index in [0.29, 0.717) is 5.56 Å². The number of nitrogens with one attached hydrogen (secondary N) is 2. The maximum atomic E-state index is 12.1. The largest absolute Gasteiger partial charge is 0.326 e. The molecule has 0 spiro atoms. The predicted molar refractivity (Wildman–Crippen MR) is 77.0 cm³/mol. The Bertz CT molecular complexity index is 765. The molecule has 0 fully saturated rings. The molecule has 0 bridgehead atoms. The summed E-state index contributed by atoms with van der Waals surface area (Å²) in [6.07, 6.45) is 0. The van der Waals surface area contributed by atoms with Crippen LogP contribution in [0.1, 0.15) is 16.8 Å². The molecule has 6 heteroatoms. The van der Waals surface area contributed by atoms with Crippen LogP contribution in [0.5, 0.6) is 0 Å². The van der Waals surface area contributed by atoms with Crippen LogP contribution in [-0.4, -0.2) is 13.4 Å². The van der Waals surface area contributed by atoms with Gasteiger partial charge in [0.05, 0.1) is 4.90 Å². The molecule has 0 aliphatic carbocycles. The number of benzene rings is 1. The first-order valence-electron chi connectivity index (χ1n) is 6.14. The zero-order chi connectivity index (χ0) is 14.8. The van der Waals surface area contributed by atoms with E-state index >= 15 is 0 Å². The number of aromatic nitrogens is 1. The SMILES string of the molecule is Cc1cc(C)c(CNS(=O)(=O)c2ccccc2)c(=O)[nH]1. The van der Waals surface area contributed by atoms with E-state index in [1.165, 1.54) is 12.1 Å². The van der Waals surface area contributed by atoms with Gasteiger partial charge in [-0.1, -0.05) is 18.2 Å². The Hall–Kier alpha value is -1.92. The van der Waals surface area contributed by atoms with Crippen LogP contribution in [0.15, 0.2) is 46.1 Å². The minimum atomic E-state index is -3.60. The predicted octanol–water partition coefficient (Wildman–Crippen LogP) is 1.47. The third-order valence-electron chi connectivity index (χ3n) is 2.99. The molecule has 0 unspecified atom stereocenters. The van der Waals surface area contributed by atoms with Gasteiger partial charge in [0.1, 0.15) is 0 Å². The molecule has 0 saturated carbocycles. The molecule has 1 aromatic heterocycles. The first-order valence-corrected chi connectivity index (χ1v) is 7.62. The van der Waals surface area contributed by atoms with Gasteiger partial charge in [0.15, 0.2) is 0 Å². The maximum Gasteiger partial charge on any atom is 0.252 e. The van der Waals surface area contributed by atoms with Crippen molar-refractivity contribution in [3.63, 3.8) is 0 Å². The summed E-state index contributed by atoms with van der Waals surface area (Å²) in [4.78, 5) is 14.7. The van der Waals surface area contributed by atoms with Crippen LogP contribution in [0.2, 0.25) is 0 Å². The first kappa shape index (κ1) is 14.5. The van der Waals surface area contributed by atoms with Crippen molar-refractivity contribution in [1.29, 1.82) is 0 Å². The van der Waals surface area contributed by atoms with Crippen molar-refractivity contribution in [3.05, 3.63) is 63.6 Å². The number of aromatic amines is 1. The van der Waals surface area contributed by atoms with Gasteiger partial charge >= 0.3 is 0 Å². The molecule has 1 heterocycles. The molecule has 2 rings (SSSR count). The Morgan fingerprint density at radius 3 is 2.40 bits per heavy atom. The fourth-order valence-electron chi connectivity index (χ4n) is 1.95. The molecular weight excluding hydrogens is 276 g/mol. The number of aryl methyl sites for hydroxylation is 2. The third-order valence-corrected chi connectivity index (χ3v) is 4.40. The van der Waals surface area contributed by atoms with Crippen LogP contribution in [0, 0.1) is 13.8 Å². The third kappa shape index (κ3) is 3.15. The van der Waals surface area contributed by atoms with Crippen molar-refractivity contribution in [1.82, 2.24) is 9.71 Å². The summed E-state index contributed by atoms with van der Waals surface area (Å²) in [6, 6.07) is 9.88. The molecular formula is C14H16N2O3S. The molecule has 0 saturated heterocycles. The topological polar surface area (TPSA) is 79.0 Å². The summed E-state index contributed by atoms with van der Waals surface area (Å²) < 4.78 is 26.6. The normalized spacial score (nSPS) is 11.5. The standard InChI is InChI=1S/C14H16N2O3S/c1-10-8-11(2)16-14(17)13(10)9-15-20(18,19)12-6-4-3-5-7-12/h3-8,15H,9H2,1-2H3,(H,16,17). The van der Waals surface area contributed by atoms with E-state index in [0.717, 1.165) is 11.3 Å². The van der Waals surface area contributed by atoms with Crippen molar-refractivity contribution >= 4 is 10.0 Å². The summed E-state index contributed by atoms with van der Waals surface area (Å²) in [7, 11) is -3.60. The van der Waals surface area contributed by atoms with Gasteiger partial charge in [0.2, 0.25) is 10.0 Å². The highest BCUT2D eigenvalue weighted by atomic mass is 32.2. The molecule has 0 amide bonds. The second-order valence-corrected chi connectivity index (χ2v) is 6.35. The zero-order valence-corrected chi connectivity index (χ0v) is 12.1. The van der Waals surface area contributed by atoms with Gasteiger partial charge < -0.3 is 4.98 Å². The average molecular weight is 292 g/mol. The number of hydrogen-bond donors (Lipinski definition) is 2. The number of rotatable bonds is 4. The van der Waals surface area contributed by atoms with Crippen molar-refractivity contribution in [3.8, 4) is 0 Å². The first-order chi connectivity index (χ1) is 9.40. The van der Waals surface area contributed by atoms with Crippen LogP contribution in [0.4, 0.5) is 0 Å². The maximum absolute atomic E-state index is 12.1. The molecule has 0 radical (unpaired) electrons. The Labute approximate surface area is 117 Å². The lowest BCUT2D eigenvalue weighted by molar-refractivity contribution is 0.581. The van der Waals surface area contributed by atoms with Crippen LogP contribution >= 0.6 is 0 Å². The molecule has 1 aromatic carbocycles. The van der Waals surface area contributed by atoms with Crippen LogP contribution in [0.25, 0.3) is 0 Å². The Balaban J connectivity index is 2.24. The van der Waals surface area contributed by atoms with E-state index in [1.54, 1.807) is 32.0 Å². The van der Waals surface area contributed by atoms with Crippen LogP contribution in [0.3, 0.4) is 0 Å². The molecule has 20 heavy (non-hydrogen) atoms. The van der Waals surface area contributed by atoms with Crippen LogP contribution in [-0.2, 0) is 16.6 Å². The highest BCUT2D eigenvalue weighted by molar-refractivity contribution is 7.89. The smallest absolute Gasteiger partial charge is 0.252 e. The van der Waals surface area contributed by atoms with E-state index in [1.807, 2.05) is 6.07 Å². The number of hydrogen-bond acceptors (Lipinski definition) is 3. The second-order valence-electron chi connectivity index (χ2n) is 4.58. The highest BCUT2D eigenvalue weighted by Crippen LogP contribution is 2.09. The lowest BCUT2D eigenvalue weighted by Crippen LogP contribution is -2.28. The highest BCUT2D eigenvalue weighted by Gasteiger charge is 2.14. The molecule has 0 atom stereocenters. The van der Waals surface area contributed by atoms with Crippen molar-refractivity contribution in [2.24, 2.45) is 0 Å². The summed E-state index contributed by atoms with van der Waals surface area (Å²) in [5.41, 5.74) is 1.68. The fraction of sp³-hybridized carbons (Fsp3) is 0.214. The molecule has 2 aromatic rings. The summed E-state index contributed by atoms with van der Waals surface area (Å²) in [5.74, 6) is 0. The Kier molecular flexibility index (Phi) is 4.06. The van der Waals surface area contributed by atoms with Crippen molar-refractivity contribution in [2.75, 3.05) is 0 Å². The van der Waals surface area contributed by atoms with Gasteiger partial charge in [0.25, 0.3) is 5.56 Å². The van der Waals surface area contributed by atoms with Gasteiger partial charge in [-0.05, 0) is 37.6 Å². The van der Waals surface area contributed by atoms with Gasteiger partial charge in [-0.15, -0.1) is 0 Å². The lowest BCUT2D eigenvalue weighted by atomic mass is 10.1. The fourth-order valence-corrected chi connectivity index (χ4v) is 2.97. The van der Waals surface area contributed by atoms with Crippen molar-refractivity contribution in [2.45, 2.75) is 25.3 Å². The molecule has 2 N–H and O–H groups in total. The van der Waals surface area contributed by atoms with E-state index in [-0.39, 0.29) is 17.0 Å². The van der Waals surface area contributed by atoms with E-state index in [2.05, 4.69) is 9.71 Å². The molecule has 106 valence electrons. The summed E-state index contributed by atoms with van der Waals surface area (Å²) in [6.45, 7) is 3.54. The minimum Gasteiger partial charge on any atom is -0.326 e. The van der Waals surface area contributed by atoms with Gasteiger partial charge in [-0.2, -0.15) is 0 Å². The number of pyridine rings is 1. The van der Waals surface area contributed by atoms with Gasteiger partial charge in [-0.25, -0.2) is 13.1 Å². The summed E-state index contributed by atoms with van der Waals surface area (Å²) >= 11 is 0. The molecule has 0 aliphatic rings. The summed E-state index contributed by atoms with van der Waals surface area (Å²) in [5, 5.41) is 0. The quantitative estimate of drug-likeness (QED) is 0.895. The minimum absolute atomic E-state index is 0.0291. The van der Waals surface area contributed by atoms with Crippen LogP contribution < -0.4 is 10.3 Å². The average Bonchev–Trinajstić information content (AvgIpc) is 2.38. The van der Waals surface area contributed by atoms with E-state index in [9.17, 15) is 13.2 Å². The van der Waals surface area contributed by atoms with Gasteiger partial charge in [-0.3, -0.25) is 4.79 Å². The monoisotopic (exact) mass is 292 g/mol. The lowest BCUT2D eigenvalue weighted by Gasteiger charge is -2.08. The van der Waals surface area contributed by atoms with E-state index < -0.39 is 10.0 Å². The van der Waals surface area contributed by atoms with Gasteiger partial charge in [0, 0.05) is 17.8 Å². The molecule has 5 nitrogen and oxygen atoms in total. The Morgan fingerprint density at radius 2 is 1.80 bits per heavy atom. The number of sulfonamides is 1. The number of H-pyrrole nitrogens is 1. The molecule has 0 aliphatic heterocycles. The Morgan fingerprint density at radius 1 is 1.15 bits per heavy atom.